The highest BCUT2D eigenvalue weighted by Gasteiger charge is 2.30. The summed E-state index contributed by atoms with van der Waals surface area (Å²) in [5.74, 6) is -0.105. The Morgan fingerprint density at radius 3 is 1.60 bits per heavy atom. The number of aliphatic hydroxyl groups is 1. The fraction of sp³-hybridized carbons (Fsp3) is 0.903. The summed E-state index contributed by atoms with van der Waals surface area (Å²) in [4.78, 5) is 41.9. The number of nitrogens with two attached hydrogens (primary N) is 1. The second kappa shape index (κ2) is 17.8. The lowest BCUT2D eigenvalue weighted by atomic mass is 9.98. The number of nitrogens with one attached hydrogen (secondary N) is 1. The smallest absolute Gasteiger partial charge is 0.410 e. The summed E-state index contributed by atoms with van der Waals surface area (Å²) in [6.45, 7) is 21.6. The molecule has 42 heavy (non-hydrogen) atoms. The summed E-state index contributed by atoms with van der Waals surface area (Å²) in [6, 6.07) is 0. The van der Waals surface area contributed by atoms with E-state index in [0.717, 1.165) is 32.1 Å². The van der Waals surface area contributed by atoms with Crippen molar-refractivity contribution in [1.29, 1.82) is 0 Å². The van der Waals surface area contributed by atoms with Crippen LogP contribution >= 0.6 is 0 Å². The summed E-state index contributed by atoms with van der Waals surface area (Å²) >= 11 is 0. The SMILES string of the molecule is CC(C)(O)CCN(CC(CCCCCCN)CN(CCNC(=O)OC(C)(C)C)C(=O)OC(C)(C)C)C(=O)OC(C)(C)C. The van der Waals surface area contributed by atoms with Crippen LogP contribution in [-0.4, -0.2) is 94.9 Å². The van der Waals surface area contributed by atoms with Crippen molar-refractivity contribution in [1.82, 2.24) is 15.1 Å². The topological polar surface area (TPSA) is 144 Å². The van der Waals surface area contributed by atoms with Crippen LogP contribution in [0.2, 0.25) is 0 Å². The third-order valence-corrected chi connectivity index (χ3v) is 5.87. The van der Waals surface area contributed by atoms with E-state index in [0.29, 0.717) is 32.6 Å². The van der Waals surface area contributed by atoms with Crippen LogP contribution in [-0.2, 0) is 14.2 Å². The van der Waals surface area contributed by atoms with Gasteiger partial charge < -0.3 is 40.2 Å². The average Bonchev–Trinajstić information content (AvgIpc) is 2.76. The first-order valence-electron chi connectivity index (χ1n) is 15.4. The van der Waals surface area contributed by atoms with Crippen molar-refractivity contribution in [3.63, 3.8) is 0 Å². The second-order valence-electron chi connectivity index (χ2n) is 14.7. The summed E-state index contributed by atoms with van der Waals surface area (Å²) < 4.78 is 16.7. The minimum Gasteiger partial charge on any atom is -0.444 e. The van der Waals surface area contributed by atoms with Gasteiger partial charge in [0, 0.05) is 32.7 Å². The highest BCUT2D eigenvalue weighted by Crippen LogP contribution is 2.20. The third kappa shape index (κ3) is 22.3. The lowest BCUT2D eigenvalue weighted by Crippen LogP contribution is -2.47. The number of rotatable bonds is 16. The Labute approximate surface area is 255 Å². The molecule has 3 amide bonds. The first kappa shape index (κ1) is 39.7. The maximum Gasteiger partial charge on any atom is 0.410 e. The Bertz CT molecular complexity index is 808. The van der Waals surface area contributed by atoms with Crippen LogP contribution in [0.3, 0.4) is 0 Å². The monoisotopic (exact) mass is 602 g/mol. The molecule has 1 unspecified atom stereocenters. The van der Waals surface area contributed by atoms with Gasteiger partial charge >= 0.3 is 18.3 Å². The zero-order valence-corrected chi connectivity index (χ0v) is 28.4. The first-order chi connectivity index (χ1) is 19.0. The molecule has 11 heteroatoms. The van der Waals surface area contributed by atoms with Gasteiger partial charge in [0.15, 0.2) is 0 Å². The van der Waals surface area contributed by atoms with Crippen molar-refractivity contribution in [3.05, 3.63) is 0 Å². The molecule has 0 rings (SSSR count). The molecule has 4 N–H and O–H groups in total. The maximum absolute atomic E-state index is 13.3. The quantitative estimate of drug-likeness (QED) is 0.151. The third-order valence-electron chi connectivity index (χ3n) is 5.87. The molecule has 0 aliphatic rings. The number of hydrogen-bond donors (Lipinski definition) is 3. The fourth-order valence-corrected chi connectivity index (χ4v) is 3.98. The van der Waals surface area contributed by atoms with Crippen molar-refractivity contribution in [2.45, 2.75) is 137 Å². The summed E-state index contributed by atoms with van der Waals surface area (Å²) in [5.41, 5.74) is 2.67. The van der Waals surface area contributed by atoms with Gasteiger partial charge in [-0.2, -0.15) is 0 Å². The van der Waals surface area contributed by atoms with Crippen LogP contribution < -0.4 is 11.1 Å². The van der Waals surface area contributed by atoms with E-state index in [1.807, 2.05) is 20.8 Å². The molecular formula is C31H62N4O7. The number of ether oxygens (including phenoxy) is 3. The molecule has 0 aromatic heterocycles. The van der Waals surface area contributed by atoms with Crippen molar-refractivity contribution in [3.8, 4) is 0 Å². The molecule has 0 bridgehead atoms. The molecule has 1 atom stereocenters. The molecule has 11 nitrogen and oxygen atoms in total. The van der Waals surface area contributed by atoms with Gasteiger partial charge in [-0.15, -0.1) is 0 Å². The van der Waals surface area contributed by atoms with Gasteiger partial charge in [-0.3, -0.25) is 0 Å². The van der Waals surface area contributed by atoms with Crippen molar-refractivity contribution in [2.24, 2.45) is 11.7 Å². The molecular weight excluding hydrogens is 540 g/mol. The van der Waals surface area contributed by atoms with Crippen LogP contribution in [0.4, 0.5) is 14.4 Å². The van der Waals surface area contributed by atoms with E-state index in [9.17, 15) is 19.5 Å². The highest BCUT2D eigenvalue weighted by atomic mass is 16.6. The fourth-order valence-electron chi connectivity index (χ4n) is 3.98. The molecule has 0 aliphatic carbocycles. The predicted octanol–water partition coefficient (Wildman–Crippen LogP) is 5.67. The summed E-state index contributed by atoms with van der Waals surface area (Å²) in [7, 11) is 0. The number of nitrogens with zero attached hydrogens (tertiary/aromatic N) is 2. The molecule has 0 spiro atoms. The standard InChI is InChI=1S/C31H62N4O7/c1-28(2,3)40-25(36)33-19-21-35(27(38)42-30(7,8)9)23-24(16-14-12-13-15-18-32)22-34(20-17-31(10,11)39)26(37)41-29(4,5)6/h24,39H,12-23,32H2,1-11H3,(H,33,36). The van der Waals surface area contributed by atoms with Gasteiger partial charge in [0.25, 0.3) is 0 Å². The van der Waals surface area contributed by atoms with Crippen LogP contribution in [0.25, 0.3) is 0 Å². The number of alkyl carbamates (subject to hydrolysis) is 1. The van der Waals surface area contributed by atoms with E-state index in [4.69, 9.17) is 19.9 Å². The molecule has 0 aliphatic heterocycles. The minimum absolute atomic E-state index is 0.105. The van der Waals surface area contributed by atoms with E-state index >= 15 is 0 Å². The lowest BCUT2D eigenvalue weighted by Gasteiger charge is -2.34. The Hall–Kier alpha value is -2.27. The largest absolute Gasteiger partial charge is 0.444 e. The van der Waals surface area contributed by atoms with Crippen LogP contribution in [0.1, 0.15) is 115 Å². The normalized spacial score (nSPS) is 13.3. The molecule has 0 aromatic carbocycles. The Morgan fingerprint density at radius 1 is 0.714 bits per heavy atom. The molecule has 0 saturated heterocycles. The predicted molar refractivity (Wildman–Crippen MR) is 166 cm³/mol. The van der Waals surface area contributed by atoms with Crippen molar-refractivity contribution in [2.75, 3.05) is 39.3 Å². The van der Waals surface area contributed by atoms with E-state index in [2.05, 4.69) is 5.32 Å². The molecule has 0 aromatic rings. The zero-order valence-electron chi connectivity index (χ0n) is 28.4. The number of amides is 3. The van der Waals surface area contributed by atoms with Gasteiger partial charge in [0.1, 0.15) is 16.8 Å². The number of hydrogen-bond acceptors (Lipinski definition) is 8. The van der Waals surface area contributed by atoms with E-state index in [1.54, 1.807) is 65.2 Å². The van der Waals surface area contributed by atoms with E-state index in [-0.39, 0.29) is 19.0 Å². The summed E-state index contributed by atoms with van der Waals surface area (Å²) in [5, 5.41) is 13.1. The molecule has 0 heterocycles. The Kier molecular flexibility index (Phi) is 16.8. The van der Waals surface area contributed by atoms with E-state index < -0.39 is 40.7 Å². The number of carbonyl (C=O) groups is 3. The van der Waals surface area contributed by atoms with Gasteiger partial charge in [0.2, 0.25) is 0 Å². The zero-order chi connectivity index (χ0) is 32.8. The van der Waals surface area contributed by atoms with Gasteiger partial charge in [-0.25, -0.2) is 14.4 Å². The molecule has 0 fully saturated rings. The Morgan fingerprint density at radius 2 is 1.17 bits per heavy atom. The van der Waals surface area contributed by atoms with Crippen LogP contribution in [0.15, 0.2) is 0 Å². The minimum atomic E-state index is -0.964. The van der Waals surface area contributed by atoms with Crippen molar-refractivity contribution >= 4 is 18.3 Å². The highest BCUT2D eigenvalue weighted by molar-refractivity contribution is 5.69. The van der Waals surface area contributed by atoms with Gasteiger partial charge in [-0.1, -0.05) is 19.3 Å². The average molecular weight is 603 g/mol. The van der Waals surface area contributed by atoms with Gasteiger partial charge in [-0.05, 0) is 108 Å². The first-order valence-corrected chi connectivity index (χ1v) is 15.4. The Balaban J connectivity index is 5.97. The maximum atomic E-state index is 13.3. The molecule has 0 radical (unpaired) electrons. The van der Waals surface area contributed by atoms with E-state index in [1.165, 1.54) is 0 Å². The summed E-state index contributed by atoms with van der Waals surface area (Å²) in [6.07, 6.45) is 3.43. The lowest BCUT2D eigenvalue weighted by molar-refractivity contribution is 0.00739. The van der Waals surface area contributed by atoms with Crippen LogP contribution in [0, 0.1) is 5.92 Å². The van der Waals surface area contributed by atoms with Crippen LogP contribution in [0.5, 0.6) is 0 Å². The number of unbranched alkanes of at least 4 members (excludes halogenated alkanes) is 3. The molecule has 248 valence electrons. The van der Waals surface area contributed by atoms with Gasteiger partial charge in [0.05, 0.1) is 5.60 Å². The van der Waals surface area contributed by atoms with Crippen molar-refractivity contribution < 1.29 is 33.7 Å². The second-order valence-corrected chi connectivity index (χ2v) is 14.7. The number of carbonyl (C=O) groups excluding carboxylic acids is 3. The molecule has 0 saturated carbocycles.